The number of nitrogens with one attached hydrogen (secondary N) is 1. The van der Waals surface area contributed by atoms with E-state index in [0.717, 1.165) is 29.9 Å². The third-order valence-electron chi connectivity index (χ3n) is 4.77. The van der Waals surface area contributed by atoms with Gasteiger partial charge in [0.15, 0.2) is 16.8 Å². The van der Waals surface area contributed by atoms with Gasteiger partial charge in [0.1, 0.15) is 6.04 Å². The summed E-state index contributed by atoms with van der Waals surface area (Å²) in [5.41, 5.74) is 0.224. The van der Waals surface area contributed by atoms with Gasteiger partial charge in [0.25, 0.3) is 0 Å². The Balaban J connectivity index is 1.59. The molecule has 10 heteroatoms. The highest BCUT2D eigenvalue weighted by Gasteiger charge is 2.37. The minimum Gasteiger partial charge on any atom is -0.301 e. The fourth-order valence-corrected chi connectivity index (χ4v) is 5.90. The Bertz CT molecular complexity index is 1130. The molecule has 29 heavy (non-hydrogen) atoms. The highest BCUT2D eigenvalue weighted by molar-refractivity contribution is 7.89. The van der Waals surface area contributed by atoms with E-state index >= 15 is 0 Å². The summed E-state index contributed by atoms with van der Waals surface area (Å²) in [6.45, 7) is 0.242. The van der Waals surface area contributed by atoms with Gasteiger partial charge in [-0.3, -0.25) is 4.79 Å². The summed E-state index contributed by atoms with van der Waals surface area (Å²) >= 11 is 1.000. The molecule has 1 N–H and O–H groups in total. The third kappa shape index (κ3) is 3.87. The van der Waals surface area contributed by atoms with Crippen LogP contribution in [-0.4, -0.2) is 36.2 Å². The topological polar surface area (TPSA) is 79.4 Å². The molecule has 2 heterocycles. The molecule has 1 atom stereocenters. The lowest BCUT2D eigenvalue weighted by atomic mass is 10.0. The van der Waals surface area contributed by atoms with Crippen LogP contribution in [0, 0.1) is 11.6 Å². The number of halogens is 2. The van der Waals surface area contributed by atoms with Crippen LogP contribution in [0.15, 0.2) is 47.4 Å². The predicted molar refractivity (Wildman–Crippen MR) is 106 cm³/mol. The van der Waals surface area contributed by atoms with Gasteiger partial charge in [0, 0.05) is 12.6 Å². The lowest BCUT2D eigenvalue weighted by Gasteiger charge is -2.33. The summed E-state index contributed by atoms with van der Waals surface area (Å²) in [7, 11) is -3.83. The van der Waals surface area contributed by atoms with Gasteiger partial charge in [-0.1, -0.05) is 36.0 Å². The number of thiazole rings is 1. The zero-order chi connectivity index (χ0) is 20.6. The number of carbonyl (C=O) groups excluding carboxylic acids is 1. The van der Waals surface area contributed by atoms with Crippen LogP contribution < -0.4 is 5.32 Å². The number of aromatic nitrogens is 1. The second-order valence-electron chi connectivity index (χ2n) is 6.68. The van der Waals surface area contributed by atoms with Crippen molar-refractivity contribution in [3.8, 4) is 0 Å². The van der Waals surface area contributed by atoms with Crippen LogP contribution in [0.4, 0.5) is 13.9 Å². The predicted octanol–water partition coefficient (Wildman–Crippen LogP) is 3.76. The Kier molecular flexibility index (Phi) is 5.32. The van der Waals surface area contributed by atoms with E-state index in [0.29, 0.717) is 17.5 Å². The van der Waals surface area contributed by atoms with Gasteiger partial charge in [0.05, 0.1) is 15.1 Å². The van der Waals surface area contributed by atoms with Crippen LogP contribution >= 0.6 is 11.3 Å². The van der Waals surface area contributed by atoms with E-state index in [1.807, 2.05) is 0 Å². The molecule has 0 saturated carbocycles. The maximum absolute atomic E-state index is 13.4. The summed E-state index contributed by atoms with van der Waals surface area (Å²) in [4.78, 5) is 17.1. The Morgan fingerprint density at radius 2 is 1.86 bits per heavy atom. The maximum atomic E-state index is 13.4. The number of sulfonamides is 1. The van der Waals surface area contributed by atoms with E-state index in [4.69, 9.17) is 0 Å². The maximum Gasteiger partial charge on any atom is 0.244 e. The van der Waals surface area contributed by atoms with Crippen LogP contribution in [-0.2, 0) is 14.8 Å². The third-order valence-corrected chi connectivity index (χ3v) is 7.62. The zero-order valence-corrected chi connectivity index (χ0v) is 16.8. The monoisotopic (exact) mass is 437 g/mol. The lowest BCUT2D eigenvalue weighted by Crippen LogP contribution is -2.49. The average molecular weight is 437 g/mol. The van der Waals surface area contributed by atoms with Gasteiger partial charge >= 0.3 is 0 Å². The first-order valence-electron chi connectivity index (χ1n) is 8.99. The number of benzene rings is 2. The molecular weight excluding hydrogens is 420 g/mol. The number of hydrogen-bond donors (Lipinski definition) is 1. The summed E-state index contributed by atoms with van der Waals surface area (Å²) in [6.07, 6.45) is 1.76. The number of carbonyl (C=O) groups is 1. The van der Waals surface area contributed by atoms with Crippen molar-refractivity contribution in [2.75, 3.05) is 11.9 Å². The largest absolute Gasteiger partial charge is 0.301 e. The standard InChI is InChI=1S/C19H17F2N3O3S2/c20-13-10-15-17(11-14(13)21)28-19(22-15)23-18(25)16-8-4-5-9-24(16)29(26,27)12-6-2-1-3-7-12/h1-3,6-7,10-11,16H,4-5,8-9H2,(H,22,23,25). The molecule has 0 bridgehead atoms. The Morgan fingerprint density at radius 1 is 1.14 bits per heavy atom. The van der Waals surface area contributed by atoms with E-state index in [1.165, 1.54) is 16.4 Å². The molecule has 6 nitrogen and oxygen atoms in total. The van der Waals surface area contributed by atoms with Gasteiger partial charge in [-0.2, -0.15) is 4.31 Å². The normalized spacial score (nSPS) is 18.1. The smallest absolute Gasteiger partial charge is 0.244 e. The molecule has 1 unspecified atom stereocenters. The van der Waals surface area contributed by atoms with E-state index < -0.39 is 33.6 Å². The van der Waals surface area contributed by atoms with Crippen LogP contribution in [0.1, 0.15) is 19.3 Å². The quantitative estimate of drug-likeness (QED) is 0.674. The van der Waals surface area contributed by atoms with E-state index in [1.54, 1.807) is 18.2 Å². The minimum absolute atomic E-state index is 0.130. The fourth-order valence-electron chi connectivity index (χ4n) is 3.35. The van der Waals surface area contributed by atoms with Gasteiger partial charge in [0.2, 0.25) is 15.9 Å². The molecule has 1 saturated heterocycles. The van der Waals surface area contributed by atoms with Crippen LogP contribution in [0.25, 0.3) is 10.2 Å². The van der Waals surface area contributed by atoms with Crippen LogP contribution in [0.5, 0.6) is 0 Å². The molecule has 3 aromatic rings. The molecule has 1 aliphatic rings. The lowest BCUT2D eigenvalue weighted by molar-refractivity contribution is -0.120. The Hall–Kier alpha value is -2.43. The highest BCUT2D eigenvalue weighted by Crippen LogP contribution is 2.30. The molecule has 0 spiro atoms. The Labute approximate surface area is 170 Å². The summed E-state index contributed by atoms with van der Waals surface area (Å²) in [5, 5.41) is 2.78. The van der Waals surface area contributed by atoms with Crippen LogP contribution in [0.3, 0.4) is 0 Å². The number of amides is 1. The molecule has 0 radical (unpaired) electrons. The average Bonchev–Trinajstić information content (AvgIpc) is 3.09. The summed E-state index contributed by atoms with van der Waals surface area (Å²) < 4.78 is 54.4. The molecule has 1 fully saturated rings. The van der Waals surface area contributed by atoms with Crippen molar-refractivity contribution < 1.29 is 22.0 Å². The molecule has 2 aromatic carbocycles. The van der Waals surface area contributed by atoms with E-state index in [2.05, 4.69) is 10.3 Å². The van der Waals surface area contributed by atoms with Crippen molar-refractivity contribution in [2.24, 2.45) is 0 Å². The molecule has 1 aliphatic heterocycles. The van der Waals surface area contributed by atoms with Gasteiger partial charge in [-0.15, -0.1) is 0 Å². The SMILES string of the molecule is O=C(Nc1nc2cc(F)c(F)cc2s1)C1CCCCN1S(=O)(=O)c1ccccc1. The first-order chi connectivity index (χ1) is 13.9. The number of piperidine rings is 1. The highest BCUT2D eigenvalue weighted by atomic mass is 32.2. The molecule has 1 aromatic heterocycles. The number of nitrogens with zero attached hydrogens (tertiary/aromatic N) is 2. The number of fused-ring (bicyclic) bond motifs is 1. The van der Waals surface area contributed by atoms with Crippen molar-refractivity contribution in [2.45, 2.75) is 30.2 Å². The van der Waals surface area contributed by atoms with Crippen LogP contribution in [0.2, 0.25) is 0 Å². The van der Waals surface area contributed by atoms with E-state index in [-0.39, 0.29) is 22.1 Å². The summed E-state index contributed by atoms with van der Waals surface area (Å²) in [6, 6.07) is 9.07. The minimum atomic E-state index is -3.83. The van der Waals surface area contributed by atoms with Crippen molar-refractivity contribution in [3.05, 3.63) is 54.1 Å². The number of hydrogen-bond acceptors (Lipinski definition) is 5. The molecule has 0 aliphatic carbocycles. The van der Waals surface area contributed by atoms with Gasteiger partial charge in [-0.05, 0) is 31.0 Å². The number of anilines is 1. The molecule has 152 valence electrons. The molecular formula is C19H17F2N3O3S2. The van der Waals surface area contributed by atoms with Gasteiger partial charge in [-0.25, -0.2) is 22.2 Å². The van der Waals surface area contributed by atoms with Gasteiger partial charge < -0.3 is 5.32 Å². The summed E-state index contributed by atoms with van der Waals surface area (Å²) in [5.74, 6) is -2.52. The first-order valence-corrected chi connectivity index (χ1v) is 11.3. The van der Waals surface area contributed by atoms with E-state index in [9.17, 15) is 22.0 Å². The molecule has 1 amide bonds. The molecule has 4 rings (SSSR count). The second kappa shape index (κ2) is 7.77. The Morgan fingerprint density at radius 3 is 2.62 bits per heavy atom. The van der Waals surface area contributed by atoms with Crippen molar-refractivity contribution >= 4 is 42.6 Å². The fraction of sp³-hybridized carbons (Fsp3) is 0.263. The number of rotatable bonds is 4. The van der Waals surface area contributed by atoms with Crippen molar-refractivity contribution in [3.63, 3.8) is 0 Å². The second-order valence-corrected chi connectivity index (χ2v) is 9.60. The first kappa shape index (κ1) is 19.9. The zero-order valence-electron chi connectivity index (χ0n) is 15.1. The van der Waals surface area contributed by atoms with Crippen molar-refractivity contribution in [1.29, 1.82) is 0 Å². The van der Waals surface area contributed by atoms with Crippen molar-refractivity contribution in [1.82, 2.24) is 9.29 Å².